The monoisotopic (exact) mass is 340 g/mol. The molecule has 1 N–H and O–H groups in total. The summed E-state index contributed by atoms with van der Waals surface area (Å²) in [6.07, 6.45) is 0.539. The van der Waals surface area contributed by atoms with Gasteiger partial charge in [0, 0.05) is 19.5 Å². The molecule has 1 fully saturated rings. The van der Waals surface area contributed by atoms with Gasteiger partial charge in [-0.05, 0) is 12.5 Å². The minimum Gasteiger partial charge on any atom is -0.367 e. The molecule has 1 aliphatic rings. The summed E-state index contributed by atoms with van der Waals surface area (Å²) in [5.41, 5.74) is 1.17. The fraction of sp³-hybridized carbons (Fsp3) is 0.412. The van der Waals surface area contributed by atoms with Crippen LogP contribution in [0.1, 0.15) is 35.0 Å². The van der Waals surface area contributed by atoms with Crippen LogP contribution in [-0.4, -0.2) is 49.9 Å². The Hall–Kier alpha value is -2.58. The molecule has 8 nitrogen and oxygen atoms in total. The van der Waals surface area contributed by atoms with Gasteiger partial charge in [0.15, 0.2) is 11.6 Å². The zero-order valence-corrected chi connectivity index (χ0v) is 14.1. The number of hydrogen-bond acceptors (Lipinski definition) is 7. The van der Waals surface area contributed by atoms with Gasteiger partial charge in [-0.3, -0.25) is 10.00 Å². The molecule has 0 amide bonds. The van der Waals surface area contributed by atoms with Crippen molar-refractivity contribution in [3.05, 3.63) is 59.3 Å². The molecule has 3 heterocycles. The largest absolute Gasteiger partial charge is 0.367 e. The van der Waals surface area contributed by atoms with Crippen LogP contribution in [-0.2, 0) is 17.7 Å². The van der Waals surface area contributed by atoms with E-state index in [-0.39, 0.29) is 6.10 Å². The molecule has 1 unspecified atom stereocenters. The third kappa shape index (κ3) is 3.92. The van der Waals surface area contributed by atoms with Gasteiger partial charge in [0.05, 0.1) is 13.2 Å². The Morgan fingerprint density at radius 2 is 2.12 bits per heavy atom. The SMILES string of the molecule is Cc1nc(C2CN(Cc3nc(Cc4ccccc4)no3)CCO2)n[nH]1. The average molecular weight is 340 g/mol. The van der Waals surface area contributed by atoms with Crippen LogP contribution in [0.5, 0.6) is 0 Å². The lowest BCUT2D eigenvalue weighted by molar-refractivity contribution is -0.0396. The molecule has 0 bridgehead atoms. The number of aromatic nitrogens is 5. The molecule has 0 saturated carbocycles. The molecule has 8 heteroatoms. The number of nitrogens with zero attached hydrogens (tertiary/aromatic N) is 5. The van der Waals surface area contributed by atoms with Gasteiger partial charge in [0.1, 0.15) is 11.9 Å². The van der Waals surface area contributed by atoms with Gasteiger partial charge in [-0.1, -0.05) is 35.5 Å². The first-order valence-corrected chi connectivity index (χ1v) is 8.34. The number of nitrogens with one attached hydrogen (secondary N) is 1. The predicted molar refractivity (Wildman–Crippen MR) is 88.6 cm³/mol. The minimum atomic E-state index is -0.134. The van der Waals surface area contributed by atoms with Crippen LogP contribution < -0.4 is 0 Å². The summed E-state index contributed by atoms with van der Waals surface area (Å²) in [7, 11) is 0. The highest BCUT2D eigenvalue weighted by Crippen LogP contribution is 2.20. The Kier molecular flexibility index (Phi) is 4.53. The van der Waals surface area contributed by atoms with Crippen LogP contribution in [0.25, 0.3) is 0 Å². The summed E-state index contributed by atoms with van der Waals surface area (Å²) >= 11 is 0. The molecule has 25 heavy (non-hydrogen) atoms. The molecule has 1 saturated heterocycles. The number of rotatable bonds is 5. The van der Waals surface area contributed by atoms with Crippen molar-refractivity contribution < 1.29 is 9.26 Å². The highest BCUT2D eigenvalue weighted by molar-refractivity contribution is 5.18. The number of hydrogen-bond donors (Lipinski definition) is 1. The molecular weight excluding hydrogens is 320 g/mol. The number of ether oxygens (including phenoxy) is 1. The van der Waals surface area contributed by atoms with Gasteiger partial charge in [-0.15, -0.1) is 0 Å². The van der Waals surface area contributed by atoms with Crippen molar-refractivity contribution in [2.24, 2.45) is 0 Å². The Labute approximate surface area is 145 Å². The smallest absolute Gasteiger partial charge is 0.240 e. The van der Waals surface area contributed by atoms with E-state index in [0.29, 0.717) is 43.7 Å². The highest BCUT2D eigenvalue weighted by atomic mass is 16.5. The Bertz CT molecular complexity index is 815. The zero-order chi connectivity index (χ0) is 17.1. The van der Waals surface area contributed by atoms with Crippen molar-refractivity contribution in [1.82, 2.24) is 30.2 Å². The molecule has 0 aliphatic carbocycles. The number of aryl methyl sites for hydroxylation is 1. The predicted octanol–water partition coefficient (Wildman–Crippen LogP) is 1.66. The fourth-order valence-corrected chi connectivity index (χ4v) is 2.90. The average Bonchev–Trinajstić information content (AvgIpc) is 3.25. The number of H-pyrrole nitrogens is 1. The molecule has 1 atom stereocenters. The van der Waals surface area contributed by atoms with Crippen LogP contribution in [0.15, 0.2) is 34.9 Å². The molecular formula is C17H20N6O2. The molecule has 2 aromatic heterocycles. The first-order chi connectivity index (χ1) is 12.3. The van der Waals surface area contributed by atoms with Crippen LogP contribution in [0, 0.1) is 6.92 Å². The second-order valence-electron chi connectivity index (χ2n) is 6.14. The van der Waals surface area contributed by atoms with Crippen molar-refractivity contribution >= 4 is 0 Å². The van der Waals surface area contributed by atoms with Crippen molar-refractivity contribution in [2.45, 2.75) is 26.0 Å². The van der Waals surface area contributed by atoms with E-state index in [9.17, 15) is 0 Å². The standard InChI is InChI=1S/C17H20N6O2/c1-12-18-17(21-20-12)14-10-23(7-8-24-14)11-16-19-15(22-25-16)9-13-5-3-2-4-6-13/h2-6,14H,7-11H2,1H3,(H,18,20,21). The molecule has 4 rings (SSSR count). The first-order valence-electron chi connectivity index (χ1n) is 8.34. The molecule has 3 aromatic rings. The topological polar surface area (TPSA) is 93.0 Å². The van der Waals surface area contributed by atoms with Gasteiger partial charge in [-0.2, -0.15) is 10.1 Å². The van der Waals surface area contributed by atoms with Gasteiger partial charge in [0.25, 0.3) is 0 Å². The van der Waals surface area contributed by atoms with Crippen molar-refractivity contribution in [1.29, 1.82) is 0 Å². The van der Waals surface area contributed by atoms with E-state index in [1.54, 1.807) is 0 Å². The fourth-order valence-electron chi connectivity index (χ4n) is 2.90. The van der Waals surface area contributed by atoms with Crippen LogP contribution in [0.3, 0.4) is 0 Å². The maximum atomic E-state index is 5.78. The second kappa shape index (κ2) is 7.12. The summed E-state index contributed by atoms with van der Waals surface area (Å²) in [6.45, 7) is 4.63. The maximum Gasteiger partial charge on any atom is 0.240 e. The van der Waals surface area contributed by atoms with Crippen LogP contribution in [0.4, 0.5) is 0 Å². The van der Waals surface area contributed by atoms with Crippen LogP contribution in [0.2, 0.25) is 0 Å². The van der Waals surface area contributed by atoms with E-state index < -0.39 is 0 Å². The highest BCUT2D eigenvalue weighted by Gasteiger charge is 2.26. The van der Waals surface area contributed by atoms with Crippen molar-refractivity contribution in [3.8, 4) is 0 Å². The summed E-state index contributed by atoms with van der Waals surface area (Å²) in [4.78, 5) is 11.1. The van der Waals surface area contributed by atoms with E-state index in [0.717, 1.165) is 12.4 Å². The number of benzene rings is 1. The molecule has 1 aliphatic heterocycles. The summed E-state index contributed by atoms with van der Waals surface area (Å²) in [5.74, 6) is 2.81. The lowest BCUT2D eigenvalue weighted by Crippen LogP contribution is -2.38. The van der Waals surface area contributed by atoms with E-state index in [1.807, 2.05) is 25.1 Å². The van der Waals surface area contributed by atoms with Gasteiger partial charge in [0.2, 0.25) is 5.89 Å². The zero-order valence-electron chi connectivity index (χ0n) is 14.1. The summed E-state index contributed by atoms with van der Waals surface area (Å²) in [5, 5.41) is 11.1. The quantitative estimate of drug-likeness (QED) is 0.755. The van der Waals surface area contributed by atoms with Gasteiger partial charge < -0.3 is 9.26 Å². The Morgan fingerprint density at radius 1 is 1.24 bits per heavy atom. The number of morpholine rings is 1. The van der Waals surface area contributed by atoms with E-state index >= 15 is 0 Å². The Balaban J connectivity index is 1.37. The van der Waals surface area contributed by atoms with Crippen molar-refractivity contribution in [3.63, 3.8) is 0 Å². The van der Waals surface area contributed by atoms with Crippen molar-refractivity contribution in [2.75, 3.05) is 19.7 Å². The van der Waals surface area contributed by atoms with E-state index in [2.05, 4.69) is 42.4 Å². The molecule has 1 aromatic carbocycles. The third-order valence-corrected chi connectivity index (χ3v) is 4.13. The Morgan fingerprint density at radius 3 is 2.92 bits per heavy atom. The third-order valence-electron chi connectivity index (χ3n) is 4.13. The molecule has 0 spiro atoms. The van der Waals surface area contributed by atoms with Gasteiger partial charge >= 0.3 is 0 Å². The summed E-state index contributed by atoms with van der Waals surface area (Å²) < 4.78 is 11.2. The number of aromatic amines is 1. The van der Waals surface area contributed by atoms with Gasteiger partial charge in [-0.25, -0.2) is 4.98 Å². The normalized spacial score (nSPS) is 18.5. The first kappa shape index (κ1) is 15.9. The maximum absolute atomic E-state index is 5.78. The molecule has 0 radical (unpaired) electrons. The molecule has 130 valence electrons. The second-order valence-corrected chi connectivity index (χ2v) is 6.14. The van der Waals surface area contributed by atoms with Crippen LogP contribution >= 0.6 is 0 Å². The summed E-state index contributed by atoms with van der Waals surface area (Å²) in [6, 6.07) is 10.1. The van der Waals surface area contributed by atoms with E-state index in [1.165, 1.54) is 5.56 Å². The van der Waals surface area contributed by atoms with E-state index in [4.69, 9.17) is 9.26 Å². The lowest BCUT2D eigenvalue weighted by atomic mass is 10.1. The minimum absolute atomic E-state index is 0.134. The lowest BCUT2D eigenvalue weighted by Gasteiger charge is -2.30.